The number of allylic oxidation sites excluding steroid dienone is 4. The van der Waals surface area contributed by atoms with E-state index in [4.69, 9.17) is 0 Å². The third kappa shape index (κ3) is 1.45. The van der Waals surface area contributed by atoms with Crippen LogP contribution in [0.4, 0.5) is 0 Å². The predicted molar refractivity (Wildman–Crippen MR) is 40.5 cm³/mol. The number of thiol groups is 1. The van der Waals surface area contributed by atoms with Crippen LogP contribution in [0.2, 0.25) is 0 Å². The second-order valence-corrected chi connectivity index (χ2v) is 2.67. The van der Waals surface area contributed by atoms with E-state index >= 15 is 0 Å². The fraction of sp³-hybridized carbons (Fsp3) is 0.286. The Bertz CT molecular complexity index is 201. The largest absolute Gasteiger partial charge is 0.290 e. The summed E-state index contributed by atoms with van der Waals surface area (Å²) in [6, 6.07) is 0. The molecule has 1 aliphatic carbocycles. The van der Waals surface area contributed by atoms with Crippen LogP contribution < -0.4 is 0 Å². The van der Waals surface area contributed by atoms with E-state index in [1.807, 2.05) is 13.0 Å². The predicted octanol–water partition coefficient (Wildman–Crippen LogP) is 1.72. The fourth-order valence-electron chi connectivity index (χ4n) is 0.682. The van der Waals surface area contributed by atoms with Crippen molar-refractivity contribution in [1.29, 1.82) is 0 Å². The molecular formula is C7H8OS. The average molecular weight is 140 g/mol. The summed E-state index contributed by atoms with van der Waals surface area (Å²) < 4.78 is 0. The summed E-state index contributed by atoms with van der Waals surface area (Å²) in [5.74, 6) is 0.0891. The van der Waals surface area contributed by atoms with Crippen LogP contribution in [0, 0.1) is 0 Å². The minimum absolute atomic E-state index is 0.0891. The van der Waals surface area contributed by atoms with Crippen molar-refractivity contribution in [3.63, 3.8) is 0 Å². The second kappa shape index (κ2) is 2.40. The molecule has 0 aromatic heterocycles. The van der Waals surface area contributed by atoms with Crippen LogP contribution in [0.25, 0.3) is 0 Å². The maximum Gasteiger partial charge on any atom is 0.182 e. The summed E-state index contributed by atoms with van der Waals surface area (Å²) in [6.45, 7) is 1.82. The second-order valence-electron chi connectivity index (χ2n) is 2.09. The molecule has 0 spiro atoms. The number of carbonyl (C=O) groups excluding carboxylic acids is 1. The zero-order chi connectivity index (χ0) is 6.85. The minimum Gasteiger partial charge on any atom is -0.290 e. The Morgan fingerprint density at radius 2 is 2.33 bits per heavy atom. The Labute approximate surface area is 59.9 Å². The van der Waals surface area contributed by atoms with Gasteiger partial charge in [-0.05, 0) is 29.9 Å². The van der Waals surface area contributed by atoms with Crippen molar-refractivity contribution in [3.05, 3.63) is 22.6 Å². The summed E-state index contributed by atoms with van der Waals surface area (Å²) in [7, 11) is 0. The van der Waals surface area contributed by atoms with Crippen molar-refractivity contribution in [2.45, 2.75) is 13.3 Å². The van der Waals surface area contributed by atoms with Crippen molar-refractivity contribution < 1.29 is 4.79 Å². The first-order chi connectivity index (χ1) is 4.20. The molecule has 1 nitrogen and oxygen atoms in total. The molecule has 0 saturated heterocycles. The zero-order valence-corrected chi connectivity index (χ0v) is 6.11. The van der Waals surface area contributed by atoms with E-state index in [9.17, 15) is 4.79 Å². The molecule has 1 rings (SSSR count). The quantitative estimate of drug-likeness (QED) is 0.507. The molecule has 0 atom stereocenters. The van der Waals surface area contributed by atoms with Crippen molar-refractivity contribution >= 4 is 18.4 Å². The molecule has 0 aromatic rings. The Morgan fingerprint density at radius 3 is 2.78 bits per heavy atom. The van der Waals surface area contributed by atoms with E-state index < -0.39 is 0 Å². The molecule has 48 valence electrons. The highest BCUT2D eigenvalue weighted by Gasteiger charge is 2.05. The number of carbonyl (C=O) groups is 1. The van der Waals surface area contributed by atoms with Crippen LogP contribution >= 0.6 is 12.6 Å². The highest BCUT2D eigenvalue weighted by molar-refractivity contribution is 7.84. The summed E-state index contributed by atoms with van der Waals surface area (Å²) in [5, 5.41) is 0. The van der Waals surface area contributed by atoms with Crippen LogP contribution in [0.3, 0.4) is 0 Å². The molecule has 0 aromatic carbocycles. The average Bonchev–Trinajstić information content (AvgIpc) is 1.80. The van der Waals surface area contributed by atoms with Crippen molar-refractivity contribution in [2.24, 2.45) is 0 Å². The maximum absolute atomic E-state index is 10.8. The molecule has 0 bridgehead atoms. The van der Waals surface area contributed by atoms with Gasteiger partial charge >= 0.3 is 0 Å². The lowest BCUT2D eigenvalue weighted by Crippen LogP contribution is -1.99. The summed E-state index contributed by atoms with van der Waals surface area (Å²) in [5.41, 5.74) is 0.827. The third-order valence-electron chi connectivity index (χ3n) is 1.30. The summed E-state index contributed by atoms with van der Waals surface area (Å²) in [4.78, 5) is 11.7. The molecule has 0 N–H and O–H groups in total. The molecule has 0 aliphatic heterocycles. The molecule has 2 heteroatoms. The van der Waals surface area contributed by atoms with Gasteiger partial charge in [-0.15, -0.1) is 12.6 Å². The number of ketones is 1. The monoisotopic (exact) mass is 140 g/mol. The Balaban J connectivity index is 2.82. The lowest BCUT2D eigenvalue weighted by Gasteiger charge is -2.03. The minimum atomic E-state index is 0.0891. The molecule has 0 saturated carbocycles. The molecule has 0 unspecified atom stereocenters. The topological polar surface area (TPSA) is 17.1 Å². The van der Waals surface area contributed by atoms with Crippen molar-refractivity contribution in [3.8, 4) is 0 Å². The van der Waals surface area contributed by atoms with Gasteiger partial charge in [-0.3, -0.25) is 4.79 Å². The van der Waals surface area contributed by atoms with Gasteiger partial charge in [0.25, 0.3) is 0 Å². The molecule has 0 fully saturated rings. The molecule has 0 heterocycles. The van der Waals surface area contributed by atoms with E-state index in [0.29, 0.717) is 0 Å². The molecule has 0 amide bonds. The van der Waals surface area contributed by atoms with E-state index in [1.165, 1.54) is 0 Å². The van der Waals surface area contributed by atoms with Gasteiger partial charge in [0, 0.05) is 0 Å². The lowest BCUT2D eigenvalue weighted by molar-refractivity contribution is -0.111. The molecule has 0 radical (unpaired) electrons. The van der Waals surface area contributed by atoms with Crippen LogP contribution in [-0.2, 0) is 4.79 Å². The van der Waals surface area contributed by atoms with Gasteiger partial charge in [0.05, 0.1) is 0 Å². The van der Waals surface area contributed by atoms with E-state index in [0.717, 1.165) is 16.9 Å². The smallest absolute Gasteiger partial charge is 0.182 e. The number of rotatable bonds is 0. The first-order valence-electron chi connectivity index (χ1n) is 2.81. The highest BCUT2D eigenvalue weighted by atomic mass is 32.1. The van der Waals surface area contributed by atoms with Gasteiger partial charge in [-0.1, -0.05) is 6.08 Å². The van der Waals surface area contributed by atoms with Gasteiger partial charge in [0.2, 0.25) is 0 Å². The van der Waals surface area contributed by atoms with E-state index in [-0.39, 0.29) is 5.78 Å². The zero-order valence-electron chi connectivity index (χ0n) is 5.22. The van der Waals surface area contributed by atoms with Gasteiger partial charge < -0.3 is 0 Å². The first-order valence-corrected chi connectivity index (χ1v) is 3.25. The normalized spacial score (nSPS) is 19.1. The van der Waals surface area contributed by atoms with Crippen molar-refractivity contribution in [2.75, 3.05) is 0 Å². The van der Waals surface area contributed by atoms with Crippen LogP contribution in [0.1, 0.15) is 13.3 Å². The van der Waals surface area contributed by atoms with Crippen LogP contribution in [0.5, 0.6) is 0 Å². The fourth-order valence-corrected chi connectivity index (χ4v) is 0.891. The Morgan fingerprint density at radius 1 is 1.67 bits per heavy atom. The van der Waals surface area contributed by atoms with E-state index in [1.54, 1.807) is 6.08 Å². The van der Waals surface area contributed by atoms with Gasteiger partial charge in [0.1, 0.15) is 0 Å². The maximum atomic E-state index is 10.8. The molecular weight excluding hydrogens is 132 g/mol. The molecule has 9 heavy (non-hydrogen) atoms. The van der Waals surface area contributed by atoms with Gasteiger partial charge in [-0.25, -0.2) is 0 Å². The lowest BCUT2D eigenvalue weighted by atomic mass is 10.1. The standard InChI is InChI=1S/C7H8OS/c1-5-2-3-6(9)4-7(5)8/h2,4,9H,3H2,1H3. The van der Waals surface area contributed by atoms with Crippen LogP contribution in [-0.4, -0.2) is 5.78 Å². The summed E-state index contributed by atoms with van der Waals surface area (Å²) in [6.07, 6.45) is 4.27. The third-order valence-corrected chi connectivity index (χ3v) is 1.62. The van der Waals surface area contributed by atoms with Crippen LogP contribution in [0.15, 0.2) is 22.6 Å². The van der Waals surface area contributed by atoms with Crippen molar-refractivity contribution in [1.82, 2.24) is 0 Å². The summed E-state index contributed by atoms with van der Waals surface area (Å²) >= 11 is 4.06. The number of hydrogen-bond acceptors (Lipinski definition) is 2. The Hall–Kier alpha value is -0.500. The Kier molecular flexibility index (Phi) is 1.76. The van der Waals surface area contributed by atoms with Gasteiger partial charge in [-0.2, -0.15) is 0 Å². The van der Waals surface area contributed by atoms with Gasteiger partial charge in [0.15, 0.2) is 5.78 Å². The first kappa shape index (κ1) is 6.62. The SMILES string of the molecule is CC1=CCC(S)=CC1=O. The highest BCUT2D eigenvalue weighted by Crippen LogP contribution is 2.15. The van der Waals surface area contributed by atoms with E-state index in [2.05, 4.69) is 12.6 Å². The molecule has 1 aliphatic rings. The number of hydrogen-bond donors (Lipinski definition) is 1.